The van der Waals surface area contributed by atoms with E-state index in [1.165, 1.54) is 0 Å². The molecule has 4 heterocycles. The lowest BCUT2D eigenvalue weighted by Crippen LogP contribution is -2.59. The highest BCUT2D eigenvalue weighted by atomic mass is 16.2. The fourth-order valence-electron chi connectivity index (χ4n) is 4.58. The molecule has 0 saturated carbocycles. The number of anilines is 1. The van der Waals surface area contributed by atoms with Gasteiger partial charge in [0.15, 0.2) is 11.5 Å². The number of nitrogens with two attached hydrogens (primary N) is 1. The van der Waals surface area contributed by atoms with E-state index in [1.54, 1.807) is 12.1 Å². The summed E-state index contributed by atoms with van der Waals surface area (Å²) in [5.41, 5.74) is 8.17. The van der Waals surface area contributed by atoms with Crippen molar-refractivity contribution in [2.24, 2.45) is 0 Å². The Balaban J connectivity index is 1.32. The molecule has 4 N–H and O–H groups in total. The van der Waals surface area contributed by atoms with Crippen LogP contribution in [0.5, 0.6) is 0 Å². The molecule has 0 radical (unpaired) electrons. The van der Waals surface area contributed by atoms with Crippen LogP contribution in [-0.4, -0.2) is 55.3 Å². The highest BCUT2D eigenvalue weighted by Crippen LogP contribution is 2.33. The van der Waals surface area contributed by atoms with Crippen LogP contribution in [0.2, 0.25) is 0 Å². The molecule has 31 heavy (non-hydrogen) atoms. The van der Waals surface area contributed by atoms with Gasteiger partial charge >= 0.3 is 0 Å². The SMILES string of the molecule is CC(C)(C)n1cc2c(n1)C(=O)NC1(CCN(C(=O)c3ccc4c(N)n[nH]c4c3)CC1)C2. The summed E-state index contributed by atoms with van der Waals surface area (Å²) < 4.78 is 1.87. The van der Waals surface area contributed by atoms with Crippen molar-refractivity contribution in [2.75, 3.05) is 18.8 Å². The molecule has 2 aliphatic heterocycles. The number of fused-ring (bicyclic) bond motifs is 2. The number of benzene rings is 1. The van der Waals surface area contributed by atoms with Crippen LogP contribution in [0, 0.1) is 0 Å². The Morgan fingerprint density at radius 3 is 2.68 bits per heavy atom. The molecular weight excluding hydrogens is 394 g/mol. The van der Waals surface area contributed by atoms with E-state index in [4.69, 9.17) is 5.73 Å². The summed E-state index contributed by atoms with van der Waals surface area (Å²) in [5, 5.41) is 15.4. The number of carbonyl (C=O) groups excluding carboxylic acids is 2. The number of nitrogens with one attached hydrogen (secondary N) is 2. The highest BCUT2D eigenvalue weighted by molar-refractivity contribution is 6.00. The molecule has 2 amide bonds. The van der Waals surface area contributed by atoms with Gasteiger partial charge in [0, 0.05) is 41.3 Å². The fraction of sp³-hybridized carbons (Fsp3) is 0.455. The van der Waals surface area contributed by atoms with E-state index in [2.05, 4.69) is 41.4 Å². The first-order valence-corrected chi connectivity index (χ1v) is 10.6. The van der Waals surface area contributed by atoms with Crippen molar-refractivity contribution in [3.05, 3.63) is 41.2 Å². The Morgan fingerprint density at radius 2 is 1.97 bits per heavy atom. The van der Waals surface area contributed by atoms with Crippen LogP contribution in [0.25, 0.3) is 10.9 Å². The summed E-state index contributed by atoms with van der Waals surface area (Å²) in [5.74, 6) is 0.288. The highest BCUT2D eigenvalue weighted by Gasteiger charge is 2.43. The number of nitrogens with zero attached hydrogens (tertiary/aromatic N) is 4. The third kappa shape index (κ3) is 3.24. The zero-order valence-electron chi connectivity index (χ0n) is 18.0. The van der Waals surface area contributed by atoms with Gasteiger partial charge in [0.1, 0.15) is 0 Å². The molecule has 0 aliphatic carbocycles. The average Bonchev–Trinajstić information content (AvgIpc) is 3.32. The van der Waals surface area contributed by atoms with Crippen LogP contribution in [0.15, 0.2) is 24.4 Å². The molecule has 2 aromatic heterocycles. The van der Waals surface area contributed by atoms with Crippen LogP contribution >= 0.6 is 0 Å². The van der Waals surface area contributed by atoms with Gasteiger partial charge in [-0.3, -0.25) is 19.4 Å². The number of aromatic amines is 1. The van der Waals surface area contributed by atoms with Crippen molar-refractivity contribution in [1.29, 1.82) is 0 Å². The predicted molar refractivity (Wildman–Crippen MR) is 117 cm³/mol. The Bertz CT molecular complexity index is 1190. The van der Waals surface area contributed by atoms with Crippen molar-refractivity contribution < 1.29 is 9.59 Å². The number of amides is 2. The summed E-state index contributed by atoms with van der Waals surface area (Å²) in [6, 6.07) is 5.40. The lowest BCUT2D eigenvalue weighted by Gasteiger charge is -2.44. The van der Waals surface area contributed by atoms with E-state index >= 15 is 0 Å². The van der Waals surface area contributed by atoms with E-state index in [1.807, 2.05) is 21.8 Å². The zero-order valence-corrected chi connectivity index (χ0v) is 18.0. The molecule has 162 valence electrons. The van der Waals surface area contributed by atoms with Gasteiger partial charge in [0.2, 0.25) is 0 Å². The van der Waals surface area contributed by atoms with Gasteiger partial charge in [-0.25, -0.2) is 0 Å². The van der Waals surface area contributed by atoms with Gasteiger partial charge in [0.25, 0.3) is 11.8 Å². The maximum absolute atomic E-state index is 13.1. The first-order valence-electron chi connectivity index (χ1n) is 10.6. The van der Waals surface area contributed by atoms with Gasteiger partial charge < -0.3 is 16.0 Å². The summed E-state index contributed by atoms with van der Waals surface area (Å²) in [6.45, 7) is 7.38. The topological polar surface area (TPSA) is 122 Å². The molecule has 1 aromatic carbocycles. The molecule has 3 aromatic rings. The van der Waals surface area contributed by atoms with Gasteiger partial charge in [-0.15, -0.1) is 0 Å². The molecule has 5 rings (SSSR count). The quantitative estimate of drug-likeness (QED) is 0.555. The van der Waals surface area contributed by atoms with Crippen molar-refractivity contribution in [3.8, 4) is 0 Å². The van der Waals surface area contributed by atoms with Gasteiger partial charge in [0.05, 0.1) is 11.1 Å². The molecule has 1 fully saturated rings. The zero-order chi connectivity index (χ0) is 22.0. The number of piperidine rings is 1. The Hall–Kier alpha value is -3.36. The number of hydrogen-bond donors (Lipinski definition) is 3. The number of H-pyrrole nitrogens is 1. The van der Waals surface area contributed by atoms with Gasteiger partial charge in [-0.05, 0) is 58.2 Å². The summed E-state index contributed by atoms with van der Waals surface area (Å²) >= 11 is 0. The Labute approximate surface area is 180 Å². The van der Waals surface area contributed by atoms with E-state index in [0.717, 1.165) is 22.9 Å². The number of nitrogen functional groups attached to an aromatic ring is 1. The molecule has 0 unspecified atom stereocenters. The molecule has 1 spiro atoms. The monoisotopic (exact) mass is 421 g/mol. The summed E-state index contributed by atoms with van der Waals surface area (Å²) in [7, 11) is 0. The average molecular weight is 422 g/mol. The van der Waals surface area contributed by atoms with Crippen LogP contribution in [0.1, 0.15) is 60.0 Å². The molecule has 2 aliphatic rings. The van der Waals surface area contributed by atoms with Crippen molar-refractivity contribution >= 4 is 28.5 Å². The first-order chi connectivity index (χ1) is 14.7. The van der Waals surface area contributed by atoms with Crippen molar-refractivity contribution in [3.63, 3.8) is 0 Å². The minimum atomic E-state index is -0.325. The molecule has 0 bridgehead atoms. The molecule has 1 saturated heterocycles. The summed E-state index contributed by atoms with van der Waals surface area (Å²) in [6.07, 6.45) is 4.16. The Kier molecular flexibility index (Phi) is 4.15. The van der Waals surface area contributed by atoms with Crippen LogP contribution in [-0.2, 0) is 12.0 Å². The normalized spacial score (nSPS) is 18.3. The second-order valence-electron chi connectivity index (χ2n) is 9.69. The summed E-state index contributed by atoms with van der Waals surface area (Å²) in [4.78, 5) is 27.7. The number of hydrogen-bond acceptors (Lipinski definition) is 5. The fourth-order valence-corrected chi connectivity index (χ4v) is 4.58. The van der Waals surface area contributed by atoms with Gasteiger partial charge in [-0.2, -0.15) is 10.2 Å². The van der Waals surface area contributed by atoms with Crippen molar-refractivity contribution in [2.45, 2.75) is 51.1 Å². The largest absolute Gasteiger partial charge is 0.382 e. The second-order valence-corrected chi connectivity index (χ2v) is 9.69. The van der Waals surface area contributed by atoms with Crippen LogP contribution in [0.3, 0.4) is 0 Å². The maximum Gasteiger partial charge on any atom is 0.272 e. The van der Waals surface area contributed by atoms with E-state index in [-0.39, 0.29) is 22.9 Å². The molecule has 9 heteroatoms. The third-order valence-electron chi connectivity index (χ3n) is 6.45. The molecular formula is C22H27N7O2. The van der Waals surface area contributed by atoms with Crippen LogP contribution in [0.4, 0.5) is 5.82 Å². The third-order valence-corrected chi connectivity index (χ3v) is 6.45. The number of carbonyl (C=O) groups is 2. The lowest BCUT2D eigenvalue weighted by atomic mass is 9.79. The smallest absolute Gasteiger partial charge is 0.272 e. The number of likely N-dealkylation sites (tertiary alicyclic amines) is 1. The first kappa shape index (κ1) is 19.6. The minimum Gasteiger partial charge on any atom is -0.382 e. The van der Waals surface area contributed by atoms with Crippen molar-refractivity contribution in [1.82, 2.24) is 30.2 Å². The van der Waals surface area contributed by atoms with Gasteiger partial charge in [-0.1, -0.05) is 0 Å². The second kappa shape index (κ2) is 6.57. The Morgan fingerprint density at radius 1 is 1.23 bits per heavy atom. The van der Waals surface area contributed by atoms with E-state index in [0.29, 0.717) is 43.0 Å². The molecule has 0 atom stereocenters. The lowest BCUT2D eigenvalue weighted by molar-refractivity contribution is 0.0605. The van der Waals surface area contributed by atoms with E-state index < -0.39 is 0 Å². The number of aromatic nitrogens is 4. The maximum atomic E-state index is 13.1. The minimum absolute atomic E-state index is 0.0201. The van der Waals surface area contributed by atoms with Crippen LogP contribution < -0.4 is 11.1 Å². The van der Waals surface area contributed by atoms with E-state index in [9.17, 15) is 9.59 Å². The molecule has 9 nitrogen and oxygen atoms in total. The predicted octanol–water partition coefficient (Wildman–Crippen LogP) is 2.06. The number of rotatable bonds is 1. The standard InChI is InChI=1S/C22H27N7O2/c1-21(2,3)29-12-14-11-22(24-19(30)17(14)27-29)6-8-28(9-7-22)20(31)13-4-5-15-16(10-13)25-26-18(15)23/h4-5,10,12H,6-9,11H2,1-3H3,(H,24,30)(H3,23,25,26).